The average Bonchev–Trinajstić information content (AvgIpc) is 3.59. The van der Waals surface area contributed by atoms with Crippen molar-refractivity contribution in [3.63, 3.8) is 0 Å². The molecule has 2 N–H and O–H groups in total. The van der Waals surface area contributed by atoms with Crippen LogP contribution in [0.4, 0.5) is 5.69 Å². The molecule has 10 nitrogen and oxygen atoms in total. The van der Waals surface area contributed by atoms with Crippen molar-refractivity contribution in [3.05, 3.63) is 35.4 Å². The van der Waals surface area contributed by atoms with Crippen molar-refractivity contribution in [1.82, 2.24) is 15.0 Å². The number of aliphatic hydroxyl groups excluding tert-OH is 1. The summed E-state index contributed by atoms with van der Waals surface area (Å²) in [6, 6.07) is 10.4. The SMILES string of the molecule is CS(C)(=O)=NCC1CCN(c2ccc(-c3nc4[nH]c(O[C@@H]5CO[C@H]6[C@@H]5OC[C@H]6O)nc4cc3Cl)cc2)CC1. The Morgan fingerprint density at radius 3 is 2.63 bits per heavy atom. The maximum atomic E-state index is 11.9. The first-order valence-corrected chi connectivity index (χ1v) is 15.6. The van der Waals surface area contributed by atoms with E-state index in [1.165, 1.54) is 0 Å². The lowest BCUT2D eigenvalue weighted by molar-refractivity contribution is 0.00706. The predicted octanol–water partition coefficient (Wildman–Crippen LogP) is 3.13. The number of nitrogens with one attached hydrogen (secondary N) is 1. The molecule has 3 fully saturated rings. The van der Waals surface area contributed by atoms with Gasteiger partial charge in [0, 0.05) is 46.6 Å². The Morgan fingerprint density at radius 1 is 1.16 bits per heavy atom. The highest BCUT2D eigenvalue weighted by molar-refractivity contribution is 7.92. The van der Waals surface area contributed by atoms with Gasteiger partial charge < -0.3 is 24.2 Å². The van der Waals surface area contributed by atoms with E-state index < -0.39 is 15.8 Å². The lowest BCUT2D eigenvalue weighted by Crippen LogP contribution is -2.34. The minimum atomic E-state index is -2.03. The quantitative estimate of drug-likeness (QED) is 0.471. The van der Waals surface area contributed by atoms with Crippen molar-refractivity contribution in [2.24, 2.45) is 10.3 Å². The molecule has 204 valence electrons. The zero-order valence-corrected chi connectivity index (χ0v) is 23.0. The van der Waals surface area contributed by atoms with Gasteiger partial charge in [-0.1, -0.05) is 23.7 Å². The molecule has 0 unspecified atom stereocenters. The molecule has 3 aromatic rings. The number of hydrogen-bond donors (Lipinski definition) is 2. The molecule has 2 aromatic heterocycles. The summed E-state index contributed by atoms with van der Waals surface area (Å²) in [5.74, 6) is 0.490. The molecule has 0 bridgehead atoms. The maximum Gasteiger partial charge on any atom is 0.296 e. The van der Waals surface area contributed by atoms with E-state index in [-0.39, 0.29) is 24.9 Å². The summed E-state index contributed by atoms with van der Waals surface area (Å²) in [4.78, 5) is 14.7. The number of halogens is 1. The Kier molecular flexibility index (Phi) is 6.98. The summed E-state index contributed by atoms with van der Waals surface area (Å²) in [6.45, 7) is 3.14. The number of H-pyrrole nitrogens is 1. The Hall–Kier alpha value is -2.44. The summed E-state index contributed by atoms with van der Waals surface area (Å²) in [6.07, 6.45) is 3.77. The van der Waals surface area contributed by atoms with E-state index in [2.05, 4.69) is 31.4 Å². The molecule has 0 saturated carbocycles. The minimum Gasteiger partial charge on any atom is -0.456 e. The number of benzene rings is 1. The van der Waals surface area contributed by atoms with Crippen LogP contribution in [0.3, 0.4) is 0 Å². The molecular weight excluding hydrogens is 530 g/mol. The van der Waals surface area contributed by atoms with Crippen molar-refractivity contribution < 1.29 is 23.5 Å². The zero-order chi connectivity index (χ0) is 26.4. The zero-order valence-electron chi connectivity index (χ0n) is 21.4. The second-order valence-corrected chi connectivity index (χ2v) is 13.5. The van der Waals surface area contributed by atoms with Crippen molar-refractivity contribution in [2.45, 2.75) is 37.3 Å². The van der Waals surface area contributed by atoms with Gasteiger partial charge in [0.25, 0.3) is 6.01 Å². The van der Waals surface area contributed by atoms with Gasteiger partial charge in [-0.05, 0) is 37.0 Å². The van der Waals surface area contributed by atoms with Gasteiger partial charge in [-0.15, -0.1) is 0 Å². The first-order valence-electron chi connectivity index (χ1n) is 12.9. The van der Waals surface area contributed by atoms with Gasteiger partial charge >= 0.3 is 0 Å². The topological polar surface area (TPSA) is 122 Å². The fraction of sp³-hybridized carbons (Fsp3) is 0.538. The molecule has 12 heteroatoms. The summed E-state index contributed by atoms with van der Waals surface area (Å²) in [5, 5.41) is 10.4. The van der Waals surface area contributed by atoms with Crippen molar-refractivity contribution in [2.75, 3.05) is 50.3 Å². The van der Waals surface area contributed by atoms with Crippen molar-refractivity contribution in [3.8, 4) is 17.3 Å². The van der Waals surface area contributed by atoms with Crippen molar-refractivity contribution in [1.29, 1.82) is 0 Å². The predicted molar refractivity (Wildman–Crippen MR) is 146 cm³/mol. The van der Waals surface area contributed by atoms with E-state index >= 15 is 0 Å². The van der Waals surface area contributed by atoms with Crippen LogP contribution in [0.1, 0.15) is 12.8 Å². The summed E-state index contributed by atoms with van der Waals surface area (Å²) >= 11 is 6.61. The summed E-state index contributed by atoms with van der Waals surface area (Å²) < 4.78 is 33.5. The Morgan fingerprint density at radius 2 is 1.89 bits per heavy atom. The summed E-state index contributed by atoms with van der Waals surface area (Å²) in [5.41, 5.74) is 3.90. The molecule has 0 spiro atoms. The standard InChI is InChI=1S/C26H32ClN5O5S/c1-38(2,34)28-12-15-7-9-32(10-8-15)17-5-3-16(4-6-17)22-18(27)11-19-25(30-22)31-26(29-19)37-21-14-36-23-20(33)13-35-24(21)23/h3-6,11,15,20-21,23-24,33H,7-10,12-14H2,1-2H3,(H,29,30,31)/t20-,21-,23-,24-/m1/s1. The summed E-state index contributed by atoms with van der Waals surface area (Å²) in [7, 11) is -2.03. The Labute approximate surface area is 226 Å². The number of aliphatic hydroxyl groups is 1. The third-order valence-electron chi connectivity index (χ3n) is 7.41. The first kappa shape index (κ1) is 25.8. The van der Waals surface area contributed by atoms with Gasteiger partial charge in [0.15, 0.2) is 11.8 Å². The van der Waals surface area contributed by atoms with Gasteiger partial charge in [0.2, 0.25) is 0 Å². The van der Waals surface area contributed by atoms with Crippen LogP contribution in [0, 0.1) is 5.92 Å². The third kappa shape index (κ3) is 5.35. The Balaban J connectivity index is 1.13. The highest BCUT2D eigenvalue weighted by Crippen LogP contribution is 2.33. The molecule has 3 aliphatic rings. The number of piperidine rings is 1. The van der Waals surface area contributed by atoms with Gasteiger partial charge in [-0.2, -0.15) is 4.98 Å². The van der Waals surface area contributed by atoms with E-state index in [0.717, 1.165) is 37.2 Å². The van der Waals surface area contributed by atoms with E-state index in [9.17, 15) is 9.32 Å². The fourth-order valence-corrected chi connectivity index (χ4v) is 6.16. The number of ether oxygens (including phenoxy) is 3. The normalized spacial score (nSPS) is 26.2. The number of aromatic nitrogens is 3. The molecule has 0 aliphatic carbocycles. The molecule has 5 heterocycles. The highest BCUT2D eigenvalue weighted by atomic mass is 35.5. The van der Waals surface area contributed by atoms with Crippen LogP contribution in [0.15, 0.2) is 34.7 Å². The largest absolute Gasteiger partial charge is 0.456 e. The third-order valence-corrected chi connectivity index (χ3v) is 8.47. The van der Waals surface area contributed by atoms with Gasteiger partial charge in [-0.3, -0.25) is 9.19 Å². The number of anilines is 1. The molecule has 0 radical (unpaired) electrons. The monoisotopic (exact) mass is 561 g/mol. The fourth-order valence-electron chi connectivity index (χ4n) is 5.33. The molecule has 1 aromatic carbocycles. The van der Waals surface area contributed by atoms with E-state index in [0.29, 0.717) is 47.0 Å². The van der Waals surface area contributed by atoms with Crippen LogP contribution in [0.2, 0.25) is 5.02 Å². The van der Waals surface area contributed by atoms with E-state index in [4.69, 9.17) is 30.8 Å². The molecule has 3 saturated heterocycles. The second kappa shape index (κ2) is 10.3. The number of rotatable bonds is 6. The number of nitrogens with zero attached hydrogens (tertiary/aromatic N) is 4. The maximum absolute atomic E-state index is 11.9. The van der Waals surface area contributed by atoms with E-state index in [1.54, 1.807) is 18.6 Å². The number of fused-ring (bicyclic) bond motifs is 2. The smallest absolute Gasteiger partial charge is 0.296 e. The van der Waals surface area contributed by atoms with Gasteiger partial charge in [0.1, 0.15) is 23.8 Å². The first-order chi connectivity index (χ1) is 18.2. The lowest BCUT2D eigenvalue weighted by Gasteiger charge is -2.33. The molecular formula is C26H32ClN5O5S. The molecule has 6 rings (SSSR count). The lowest BCUT2D eigenvalue weighted by atomic mass is 9.96. The molecule has 3 aliphatic heterocycles. The van der Waals surface area contributed by atoms with Crippen LogP contribution in [0.5, 0.6) is 6.01 Å². The minimum absolute atomic E-state index is 0.241. The average molecular weight is 562 g/mol. The van der Waals surface area contributed by atoms with Crippen LogP contribution < -0.4 is 9.64 Å². The molecule has 38 heavy (non-hydrogen) atoms. The number of aromatic amines is 1. The van der Waals surface area contributed by atoms with Crippen LogP contribution >= 0.6 is 11.6 Å². The number of hydrogen-bond acceptors (Lipinski definition) is 9. The molecule has 0 amide bonds. The number of imidazole rings is 1. The van der Waals surface area contributed by atoms with Crippen molar-refractivity contribution >= 4 is 38.2 Å². The highest BCUT2D eigenvalue weighted by Gasteiger charge is 2.48. The van der Waals surface area contributed by atoms with E-state index in [1.807, 2.05) is 12.1 Å². The van der Waals surface area contributed by atoms with Crippen LogP contribution in [-0.4, -0.2) is 94.0 Å². The van der Waals surface area contributed by atoms with Crippen LogP contribution in [-0.2, 0) is 19.2 Å². The van der Waals surface area contributed by atoms with Gasteiger partial charge in [-0.25, -0.2) is 9.35 Å². The van der Waals surface area contributed by atoms with Gasteiger partial charge in [0.05, 0.1) is 30.5 Å². The second-order valence-electron chi connectivity index (χ2n) is 10.5. The Bertz CT molecular complexity index is 1420. The van der Waals surface area contributed by atoms with Crippen LogP contribution in [0.25, 0.3) is 22.4 Å². The number of pyridine rings is 1. The molecule has 4 atom stereocenters.